The van der Waals surface area contributed by atoms with Crippen molar-refractivity contribution in [2.45, 2.75) is 218 Å². The molecule has 1 heterocycles. The van der Waals surface area contributed by atoms with Crippen LogP contribution < -0.4 is 0 Å². The highest BCUT2D eigenvalue weighted by molar-refractivity contribution is 7.85. The van der Waals surface area contributed by atoms with Gasteiger partial charge in [-0.2, -0.15) is 8.42 Å². The molecule has 358 valence electrons. The van der Waals surface area contributed by atoms with Crippen molar-refractivity contribution in [3.8, 4) is 0 Å². The van der Waals surface area contributed by atoms with Crippen LogP contribution in [0.3, 0.4) is 0 Å². The second kappa shape index (κ2) is 38.8. The van der Waals surface area contributed by atoms with Crippen LogP contribution in [-0.4, -0.2) is 96.0 Å². The molecule has 0 aromatic rings. The van der Waals surface area contributed by atoms with E-state index in [-0.39, 0.29) is 19.4 Å². The van der Waals surface area contributed by atoms with Crippen molar-refractivity contribution in [1.29, 1.82) is 0 Å². The third-order valence-electron chi connectivity index (χ3n) is 10.6. The zero-order valence-electron chi connectivity index (χ0n) is 38.2. The monoisotopic (exact) mass is 897 g/mol. The van der Waals surface area contributed by atoms with Gasteiger partial charge in [-0.15, -0.1) is 0 Å². The fraction of sp³-hybridized carbons (Fsp3) is 0.755. The van der Waals surface area contributed by atoms with Crippen molar-refractivity contribution in [3.63, 3.8) is 0 Å². The zero-order valence-corrected chi connectivity index (χ0v) is 39.0. The molecule has 6 atom stereocenters. The Morgan fingerprint density at radius 1 is 0.565 bits per heavy atom. The highest BCUT2D eigenvalue weighted by Crippen LogP contribution is 2.24. The minimum atomic E-state index is -4.61. The van der Waals surface area contributed by atoms with Crippen molar-refractivity contribution in [2.75, 3.05) is 19.0 Å². The summed E-state index contributed by atoms with van der Waals surface area (Å²) >= 11 is 0. The fourth-order valence-electron chi connectivity index (χ4n) is 6.92. The van der Waals surface area contributed by atoms with E-state index < -0.39 is 71.2 Å². The highest BCUT2D eigenvalue weighted by Gasteiger charge is 2.46. The lowest BCUT2D eigenvalue weighted by atomic mass is 10.00. The van der Waals surface area contributed by atoms with E-state index >= 15 is 0 Å². The second-order valence-corrected chi connectivity index (χ2v) is 17.9. The molecule has 1 fully saturated rings. The van der Waals surface area contributed by atoms with Gasteiger partial charge >= 0.3 is 11.9 Å². The van der Waals surface area contributed by atoms with Gasteiger partial charge in [-0.1, -0.05) is 164 Å². The molecular formula is C49H84O12S. The molecule has 13 heteroatoms. The Hall–Kier alpha value is -2.65. The predicted octanol–water partition coefficient (Wildman–Crippen LogP) is 10.1. The third-order valence-corrected chi connectivity index (χ3v) is 11.3. The molecule has 0 aliphatic carbocycles. The topological polar surface area (TPSA) is 186 Å². The molecule has 3 unspecified atom stereocenters. The summed E-state index contributed by atoms with van der Waals surface area (Å²) in [6.07, 6.45) is 38.5. The van der Waals surface area contributed by atoms with Crippen molar-refractivity contribution >= 4 is 22.1 Å². The smallest absolute Gasteiger partial charge is 0.306 e. The van der Waals surface area contributed by atoms with E-state index in [9.17, 15) is 37.9 Å². The summed E-state index contributed by atoms with van der Waals surface area (Å²) in [5.74, 6) is -2.07. The van der Waals surface area contributed by atoms with Crippen LogP contribution in [-0.2, 0) is 38.7 Å². The number of ether oxygens (including phenoxy) is 4. The number of hydrogen-bond acceptors (Lipinski definition) is 11. The number of unbranched alkanes of at least 4 members (excludes halogenated alkanes) is 17. The summed E-state index contributed by atoms with van der Waals surface area (Å²) in [6.45, 7) is 3.59. The molecule has 0 aromatic carbocycles. The van der Waals surface area contributed by atoms with E-state index in [1.165, 1.54) is 83.5 Å². The molecule has 1 rings (SSSR count). The van der Waals surface area contributed by atoms with Crippen LogP contribution in [0.25, 0.3) is 0 Å². The lowest BCUT2D eigenvalue weighted by molar-refractivity contribution is -0.297. The molecule has 0 bridgehead atoms. The van der Waals surface area contributed by atoms with Gasteiger partial charge in [-0.25, -0.2) is 0 Å². The van der Waals surface area contributed by atoms with Crippen LogP contribution in [0.4, 0.5) is 0 Å². The summed E-state index contributed by atoms with van der Waals surface area (Å²) in [7, 11) is -4.61. The molecule has 4 N–H and O–H groups in total. The molecule has 0 radical (unpaired) electrons. The fourth-order valence-corrected chi connectivity index (χ4v) is 7.61. The summed E-state index contributed by atoms with van der Waals surface area (Å²) in [6, 6.07) is 0. The van der Waals surface area contributed by atoms with Crippen LogP contribution >= 0.6 is 0 Å². The molecule has 0 spiro atoms. The number of hydrogen-bond donors (Lipinski definition) is 4. The van der Waals surface area contributed by atoms with Crippen molar-refractivity contribution in [1.82, 2.24) is 0 Å². The van der Waals surface area contributed by atoms with E-state index in [2.05, 4.69) is 62.5 Å². The quantitative estimate of drug-likeness (QED) is 0.0198. The van der Waals surface area contributed by atoms with Crippen LogP contribution in [0, 0.1) is 0 Å². The van der Waals surface area contributed by atoms with Gasteiger partial charge in [0.15, 0.2) is 12.4 Å². The van der Waals surface area contributed by atoms with E-state index in [0.29, 0.717) is 12.8 Å². The van der Waals surface area contributed by atoms with E-state index in [4.69, 9.17) is 18.9 Å². The SMILES string of the molecule is CC/C=C/C/C=C/C/C=C/CCCCCCCCCCCCCC(=O)OCC(CO[C@H]1O[C@H](CS(=O)(=O)O)[C@@H](O)C(O)C1O)OC(=O)CC/C=C/C/C=C/CCCCCCCC. The van der Waals surface area contributed by atoms with Crippen molar-refractivity contribution in [3.05, 3.63) is 60.8 Å². The lowest BCUT2D eigenvalue weighted by Gasteiger charge is -2.40. The first-order chi connectivity index (χ1) is 30.0. The van der Waals surface area contributed by atoms with Crippen molar-refractivity contribution < 1.29 is 56.8 Å². The third kappa shape index (κ3) is 32.9. The average molecular weight is 897 g/mol. The minimum absolute atomic E-state index is 0.0561. The lowest BCUT2D eigenvalue weighted by Crippen LogP contribution is -2.60. The zero-order chi connectivity index (χ0) is 45.5. The Bertz CT molecular complexity index is 1370. The first-order valence-corrected chi connectivity index (χ1v) is 25.5. The molecule has 0 amide bonds. The number of carbonyl (C=O) groups is 2. The first kappa shape index (κ1) is 57.4. The maximum atomic E-state index is 12.8. The van der Waals surface area contributed by atoms with Gasteiger partial charge in [0.05, 0.1) is 6.61 Å². The first-order valence-electron chi connectivity index (χ1n) is 23.8. The highest BCUT2D eigenvalue weighted by atomic mass is 32.2. The van der Waals surface area contributed by atoms with Gasteiger partial charge in [0.1, 0.15) is 36.8 Å². The summed E-state index contributed by atoms with van der Waals surface area (Å²) in [4.78, 5) is 25.4. The maximum absolute atomic E-state index is 12.8. The second-order valence-electron chi connectivity index (χ2n) is 16.4. The van der Waals surface area contributed by atoms with E-state index in [1.54, 1.807) is 0 Å². The molecule has 1 aliphatic heterocycles. The van der Waals surface area contributed by atoms with E-state index in [0.717, 1.165) is 57.8 Å². The molecule has 1 aliphatic rings. The van der Waals surface area contributed by atoms with Crippen molar-refractivity contribution in [2.24, 2.45) is 0 Å². The largest absolute Gasteiger partial charge is 0.462 e. The van der Waals surface area contributed by atoms with Gasteiger partial charge in [0.25, 0.3) is 10.1 Å². The van der Waals surface area contributed by atoms with Gasteiger partial charge in [0, 0.05) is 12.8 Å². The molecular weight excluding hydrogens is 813 g/mol. The number of allylic oxidation sites excluding steroid dienone is 10. The van der Waals surface area contributed by atoms with Gasteiger partial charge < -0.3 is 34.3 Å². The Morgan fingerprint density at radius 2 is 1.05 bits per heavy atom. The Kier molecular flexibility index (Phi) is 35.9. The predicted molar refractivity (Wildman–Crippen MR) is 247 cm³/mol. The van der Waals surface area contributed by atoms with Gasteiger partial charge in [-0.05, 0) is 64.2 Å². The average Bonchev–Trinajstić information content (AvgIpc) is 3.24. The maximum Gasteiger partial charge on any atom is 0.306 e. The number of aliphatic hydroxyl groups is 3. The molecule has 62 heavy (non-hydrogen) atoms. The summed E-state index contributed by atoms with van der Waals surface area (Å²) in [5.41, 5.74) is 0. The summed E-state index contributed by atoms with van der Waals surface area (Å²) < 4.78 is 54.0. The molecule has 0 aromatic heterocycles. The standard InChI is InChI=1S/C49H84O12S/c1-3-5-7-9-11-13-15-17-18-19-20-21-22-23-24-26-27-29-31-33-35-37-44(50)58-39-42(40-59-49-48(54)47(53)46(52)43(61-49)41-62(55,56)57)60-45(51)38-36-34-32-30-28-25-16-14-12-10-8-6-4-2/h5,7,11,13,17-18,25,28,32,34,42-43,46-49,52-54H,3-4,6,8-10,12,14-16,19-24,26-27,29-31,33,35-41H2,1-2H3,(H,55,56,57)/b7-5+,13-11+,18-17+,28-25+,34-32+/t42?,43-,46-,47?,48?,49+/m1/s1. The molecule has 1 saturated heterocycles. The molecule has 0 saturated carbocycles. The van der Waals surface area contributed by atoms with E-state index in [1.807, 2.05) is 12.2 Å². The normalized spacial score (nSPS) is 20.4. The van der Waals surface area contributed by atoms with Gasteiger partial charge in [-0.3, -0.25) is 14.1 Å². The van der Waals surface area contributed by atoms with Gasteiger partial charge in [0.2, 0.25) is 0 Å². The van der Waals surface area contributed by atoms with Crippen LogP contribution in [0.5, 0.6) is 0 Å². The van der Waals surface area contributed by atoms with Crippen LogP contribution in [0.15, 0.2) is 60.8 Å². The number of carbonyl (C=O) groups excluding carboxylic acids is 2. The Morgan fingerprint density at radius 3 is 1.58 bits per heavy atom. The minimum Gasteiger partial charge on any atom is -0.462 e. The number of aliphatic hydroxyl groups excluding tert-OH is 3. The Labute approximate surface area is 375 Å². The number of esters is 2. The number of rotatable bonds is 39. The molecule has 12 nitrogen and oxygen atoms in total. The Balaban J connectivity index is 2.41. The summed E-state index contributed by atoms with van der Waals surface area (Å²) in [5, 5.41) is 30.9. The van der Waals surface area contributed by atoms with Crippen LogP contribution in [0.1, 0.15) is 181 Å². The van der Waals surface area contributed by atoms with Crippen LogP contribution in [0.2, 0.25) is 0 Å².